The number of aryl methyl sites for hydroxylation is 1. The van der Waals surface area contributed by atoms with Gasteiger partial charge in [0, 0.05) is 16.3 Å². The van der Waals surface area contributed by atoms with E-state index in [1.165, 1.54) is 4.88 Å². The van der Waals surface area contributed by atoms with E-state index in [-0.39, 0.29) is 17.4 Å². The summed E-state index contributed by atoms with van der Waals surface area (Å²) in [5.41, 5.74) is 0.896. The van der Waals surface area contributed by atoms with Crippen molar-refractivity contribution in [1.82, 2.24) is 5.32 Å². The van der Waals surface area contributed by atoms with Gasteiger partial charge in [-0.2, -0.15) is 0 Å². The van der Waals surface area contributed by atoms with Crippen LogP contribution in [0.15, 0.2) is 11.4 Å². The van der Waals surface area contributed by atoms with E-state index in [0.29, 0.717) is 0 Å². The molecule has 0 aromatic carbocycles. The van der Waals surface area contributed by atoms with Crippen molar-refractivity contribution in [3.63, 3.8) is 0 Å². The molecule has 0 spiro atoms. The quantitative estimate of drug-likeness (QED) is 0.867. The third kappa shape index (κ3) is 4.15. The van der Waals surface area contributed by atoms with Crippen molar-refractivity contribution in [1.29, 1.82) is 0 Å². The summed E-state index contributed by atoms with van der Waals surface area (Å²) in [6.45, 7) is 10.6. The summed E-state index contributed by atoms with van der Waals surface area (Å²) in [6.07, 6.45) is 2.19. The molecule has 17 heavy (non-hydrogen) atoms. The predicted octanol–water partition coefficient (Wildman–Crippen LogP) is 3.87. The summed E-state index contributed by atoms with van der Waals surface area (Å²) in [4.78, 5) is 13.3. The van der Waals surface area contributed by atoms with Gasteiger partial charge in [0.1, 0.15) is 0 Å². The largest absolute Gasteiger partial charge is 0.349 e. The van der Waals surface area contributed by atoms with Crippen LogP contribution in [-0.2, 0) is 6.42 Å². The normalized spacial score (nSPS) is 13.5. The second-order valence-corrected chi connectivity index (χ2v) is 6.61. The zero-order valence-corrected chi connectivity index (χ0v) is 12.3. The molecule has 0 aliphatic carbocycles. The molecule has 3 heteroatoms. The van der Waals surface area contributed by atoms with E-state index < -0.39 is 0 Å². The van der Waals surface area contributed by atoms with Gasteiger partial charge >= 0.3 is 0 Å². The van der Waals surface area contributed by atoms with Crippen molar-refractivity contribution in [2.75, 3.05) is 0 Å². The van der Waals surface area contributed by atoms with Gasteiger partial charge in [-0.25, -0.2) is 0 Å². The maximum absolute atomic E-state index is 12.0. The van der Waals surface area contributed by atoms with Crippen LogP contribution in [0.5, 0.6) is 0 Å². The van der Waals surface area contributed by atoms with Crippen LogP contribution in [0.4, 0.5) is 0 Å². The fourth-order valence-electron chi connectivity index (χ4n) is 1.37. The summed E-state index contributed by atoms with van der Waals surface area (Å²) in [7, 11) is 0. The van der Waals surface area contributed by atoms with Gasteiger partial charge in [0.2, 0.25) is 0 Å². The Morgan fingerprint density at radius 3 is 2.65 bits per heavy atom. The number of hydrogen-bond acceptors (Lipinski definition) is 2. The summed E-state index contributed by atoms with van der Waals surface area (Å²) in [6, 6.07) is 2.18. The molecule has 0 bridgehead atoms. The van der Waals surface area contributed by atoms with Crippen LogP contribution in [0.25, 0.3) is 0 Å². The van der Waals surface area contributed by atoms with Gasteiger partial charge in [0.15, 0.2) is 0 Å². The van der Waals surface area contributed by atoms with Gasteiger partial charge in [-0.05, 0) is 24.8 Å². The summed E-state index contributed by atoms with van der Waals surface area (Å²) in [5.74, 6) is 0.0472. The number of carbonyl (C=O) groups excluding carboxylic acids is 1. The van der Waals surface area contributed by atoms with Crippen LogP contribution >= 0.6 is 11.3 Å². The molecule has 0 radical (unpaired) electrons. The average molecular weight is 253 g/mol. The minimum Gasteiger partial charge on any atom is -0.349 e. The molecule has 0 unspecified atom stereocenters. The van der Waals surface area contributed by atoms with Gasteiger partial charge in [-0.3, -0.25) is 4.79 Å². The number of amides is 1. The molecule has 0 aliphatic rings. The molecule has 1 N–H and O–H groups in total. The van der Waals surface area contributed by atoms with E-state index in [9.17, 15) is 4.79 Å². The number of nitrogens with one attached hydrogen (secondary N) is 1. The first-order valence-corrected chi connectivity index (χ1v) is 7.10. The van der Waals surface area contributed by atoms with Crippen molar-refractivity contribution >= 4 is 17.2 Å². The zero-order valence-electron chi connectivity index (χ0n) is 11.5. The fraction of sp³-hybridized carbons (Fsp3) is 0.643. The van der Waals surface area contributed by atoms with E-state index in [4.69, 9.17) is 0 Å². The van der Waals surface area contributed by atoms with Crippen LogP contribution in [0.2, 0.25) is 0 Å². The highest BCUT2D eigenvalue weighted by atomic mass is 32.1. The maximum atomic E-state index is 12.0. The Morgan fingerprint density at radius 1 is 1.47 bits per heavy atom. The lowest BCUT2D eigenvalue weighted by molar-refractivity contribution is 0.0910. The number of carbonyl (C=O) groups is 1. The summed E-state index contributed by atoms with van der Waals surface area (Å²) < 4.78 is 0. The van der Waals surface area contributed by atoms with Gasteiger partial charge in [-0.1, -0.05) is 34.1 Å². The number of hydrogen-bond donors (Lipinski definition) is 1. The molecule has 0 saturated heterocycles. The monoisotopic (exact) mass is 253 g/mol. The first-order valence-electron chi connectivity index (χ1n) is 6.23. The number of thiophene rings is 1. The van der Waals surface area contributed by atoms with Gasteiger partial charge in [0.25, 0.3) is 5.91 Å². The van der Waals surface area contributed by atoms with Crippen molar-refractivity contribution in [3.8, 4) is 0 Å². The Bertz CT molecular complexity index is 376. The first kappa shape index (κ1) is 14.2. The first-order chi connectivity index (χ1) is 7.84. The molecule has 1 heterocycles. The van der Waals surface area contributed by atoms with E-state index in [2.05, 4.69) is 39.9 Å². The smallest absolute Gasteiger partial charge is 0.252 e. The highest BCUT2D eigenvalue weighted by Crippen LogP contribution is 2.20. The lowest BCUT2D eigenvalue weighted by atomic mass is 9.88. The SMILES string of the molecule is CCCc1cc(C(=O)N[C@@H](C)C(C)(C)C)cs1. The van der Waals surface area contributed by atoms with E-state index >= 15 is 0 Å². The Kier molecular flexibility index (Phi) is 4.75. The lowest BCUT2D eigenvalue weighted by Gasteiger charge is -2.27. The van der Waals surface area contributed by atoms with Gasteiger partial charge in [0.05, 0.1) is 5.56 Å². The Balaban J connectivity index is 2.63. The molecule has 1 atom stereocenters. The van der Waals surface area contributed by atoms with Crippen molar-refractivity contribution in [2.45, 2.75) is 53.5 Å². The summed E-state index contributed by atoms with van der Waals surface area (Å²) in [5, 5.41) is 5.01. The van der Waals surface area contributed by atoms with E-state index in [0.717, 1.165) is 18.4 Å². The molecule has 1 aromatic rings. The third-order valence-electron chi connectivity index (χ3n) is 3.06. The Morgan fingerprint density at radius 2 is 2.12 bits per heavy atom. The molecular weight excluding hydrogens is 230 g/mol. The van der Waals surface area contributed by atoms with Crippen LogP contribution in [0.1, 0.15) is 56.3 Å². The zero-order chi connectivity index (χ0) is 13.1. The molecule has 1 aromatic heterocycles. The van der Waals surface area contributed by atoms with Crippen molar-refractivity contribution < 1.29 is 4.79 Å². The van der Waals surface area contributed by atoms with Crippen LogP contribution in [0, 0.1) is 5.41 Å². The second kappa shape index (κ2) is 5.67. The fourth-order valence-corrected chi connectivity index (χ4v) is 2.34. The number of rotatable bonds is 4. The standard InChI is InChI=1S/C14H23NOS/c1-6-7-12-8-11(9-17-12)13(16)15-10(2)14(3,4)5/h8-10H,6-7H2,1-5H3,(H,15,16)/t10-/m0/s1. The Labute approximate surface area is 108 Å². The minimum atomic E-state index is 0.0472. The topological polar surface area (TPSA) is 29.1 Å². The predicted molar refractivity (Wildman–Crippen MR) is 74.7 cm³/mol. The molecule has 1 rings (SSSR count). The molecule has 0 saturated carbocycles. The molecule has 96 valence electrons. The van der Waals surface area contributed by atoms with Crippen LogP contribution in [-0.4, -0.2) is 11.9 Å². The molecular formula is C14H23NOS. The van der Waals surface area contributed by atoms with Gasteiger partial charge < -0.3 is 5.32 Å². The maximum Gasteiger partial charge on any atom is 0.252 e. The minimum absolute atomic E-state index is 0.0472. The van der Waals surface area contributed by atoms with E-state index in [1.54, 1.807) is 11.3 Å². The van der Waals surface area contributed by atoms with Crippen LogP contribution < -0.4 is 5.32 Å². The lowest BCUT2D eigenvalue weighted by Crippen LogP contribution is -2.41. The highest BCUT2D eigenvalue weighted by molar-refractivity contribution is 7.10. The Hall–Kier alpha value is -0.830. The molecule has 0 fully saturated rings. The highest BCUT2D eigenvalue weighted by Gasteiger charge is 2.22. The van der Waals surface area contributed by atoms with Crippen molar-refractivity contribution in [3.05, 3.63) is 21.9 Å². The van der Waals surface area contributed by atoms with Crippen LogP contribution in [0.3, 0.4) is 0 Å². The molecule has 0 aliphatic heterocycles. The summed E-state index contributed by atoms with van der Waals surface area (Å²) >= 11 is 1.68. The molecule has 1 amide bonds. The third-order valence-corrected chi connectivity index (χ3v) is 4.06. The van der Waals surface area contributed by atoms with Crippen molar-refractivity contribution in [2.24, 2.45) is 5.41 Å². The van der Waals surface area contributed by atoms with Gasteiger partial charge in [-0.15, -0.1) is 11.3 Å². The average Bonchev–Trinajstić information content (AvgIpc) is 2.65. The molecule has 2 nitrogen and oxygen atoms in total. The van der Waals surface area contributed by atoms with E-state index in [1.807, 2.05) is 11.4 Å². The second-order valence-electron chi connectivity index (χ2n) is 5.61.